The standard InChI is InChI=1S/C29H33ClN2O2/c1-3-4-19-31-29(34)22(2)32(21-23-15-17-26(30)18-16-23)28(33)20-27(24-11-7-5-8-12-24)25-13-9-6-10-14-25/h5-18,22,27H,3-4,19-21H2,1-2H3,(H,31,34)/t22-/m1/s1. The van der Waals surface area contributed by atoms with Crippen LogP contribution in [-0.4, -0.2) is 29.3 Å². The van der Waals surface area contributed by atoms with Crippen LogP contribution in [0.4, 0.5) is 0 Å². The Morgan fingerprint density at radius 2 is 1.44 bits per heavy atom. The second-order valence-electron chi connectivity index (χ2n) is 8.55. The van der Waals surface area contributed by atoms with E-state index in [4.69, 9.17) is 11.6 Å². The molecule has 178 valence electrons. The smallest absolute Gasteiger partial charge is 0.242 e. The van der Waals surface area contributed by atoms with Crippen molar-refractivity contribution in [3.63, 3.8) is 0 Å². The summed E-state index contributed by atoms with van der Waals surface area (Å²) >= 11 is 6.05. The third-order valence-corrected chi connectivity index (χ3v) is 6.30. The van der Waals surface area contributed by atoms with Gasteiger partial charge in [0, 0.05) is 30.5 Å². The summed E-state index contributed by atoms with van der Waals surface area (Å²) in [5, 5.41) is 3.62. The molecule has 0 bridgehead atoms. The third-order valence-electron chi connectivity index (χ3n) is 6.05. The SMILES string of the molecule is CCCCNC(=O)[C@@H](C)N(Cc1ccc(Cl)cc1)C(=O)CC(c1ccccc1)c1ccccc1. The third kappa shape index (κ3) is 7.19. The second-order valence-corrected chi connectivity index (χ2v) is 8.98. The second kappa shape index (κ2) is 13.0. The van der Waals surface area contributed by atoms with E-state index in [1.807, 2.05) is 60.7 Å². The number of carbonyl (C=O) groups is 2. The molecule has 0 saturated carbocycles. The molecule has 0 heterocycles. The molecule has 0 aliphatic heterocycles. The molecule has 1 atom stereocenters. The van der Waals surface area contributed by atoms with Crippen LogP contribution in [0.15, 0.2) is 84.9 Å². The van der Waals surface area contributed by atoms with Crippen molar-refractivity contribution in [3.05, 3.63) is 107 Å². The lowest BCUT2D eigenvalue weighted by molar-refractivity contribution is -0.140. The van der Waals surface area contributed by atoms with Crippen LogP contribution < -0.4 is 5.32 Å². The number of hydrogen-bond acceptors (Lipinski definition) is 2. The first kappa shape index (κ1) is 25.5. The summed E-state index contributed by atoms with van der Waals surface area (Å²) in [5.41, 5.74) is 3.09. The number of halogens is 1. The first-order valence-electron chi connectivity index (χ1n) is 11.9. The van der Waals surface area contributed by atoms with Crippen molar-refractivity contribution in [1.29, 1.82) is 0 Å². The molecule has 1 N–H and O–H groups in total. The van der Waals surface area contributed by atoms with E-state index in [1.54, 1.807) is 11.8 Å². The van der Waals surface area contributed by atoms with Crippen LogP contribution in [0, 0.1) is 0 Å². The van der Waals surface area contributed by atoms with Crippen LogP contribution in [-0.2, 0) is 16.1 Å². The molecule has 3 aromatic rings. The molecule has 0 unspecified atom stereocenters. The largest absolute Gasteiger partial charge is 0.354 e. The maximum absolute atomic E-state index is 13.8. The van der Waals surface area contributed by atoms with Crippen LogP contribution in [0.25, 0.3) is 0 Å². The zero-order chi connectivity index (χ0) is 24.3. The van der Waals surface area contributed by atoms with Gasteiger partial charge in [0.15, 0.2) is 0 Å². The Bertz CT molecular complexity index is 999. The first-order chi connectivity index (χ1) is 16.5. The number of amides is 2. The van der Waals surface area contributed by atoms with Crippen molar-refractivity contribution >= 4 is 23.4 Å². The predicted octanol–water partition coefficient (Wildman–Crippen LogP) is 6.20. The van der Waals surface area contributed by atoms with Gasteiger partial charge in [0.05, 0.1) is 0 Å². The van der Waals surface area contributed by atoms with Gasteiger partial charge in [-0.2, -0.15) is 0 Å². The Morgan fingerprint density at radius 1 is 0.882 bits per heavy atom. The minimum atomic E-state index is -0.591. The van der Waals surface area contributed by atoms with Crippen molar-refractivity contribution in [3.8, 4) is 0 Å². The van der Waals surface area contributed by atoms with Crippen molar-refractivity contribution < 1.29 is 9.59 Å². The van der Waals surface area contributed by atoms with E-state index < -0.39 is 6.04 Å². The fourth-order valence-electron chi connectivity index (χ4n) is 4.00. The van der Waals surface area contributed by atoms with E-state index in [9.17, 15) is 9.59 Å². The van der Waals surface area contributed by atoms with E-state index in [0.717, 1.165) is 29.5 Å². The minimum absolute atomic E-state index is 0.0641. The number of nitrogens with zero attached hydrogens (tertiary/aromatic N) is 1. The monoisotopic (exact) mass is 476 g/mol. The molecule has 2 amide bonds. The molecule has 0 spiro atoms. The van der Waals surface area contributed by atoms with Crippen molar-refractivity contribution in [2.24, 2.45) is 0 Å². The fraction of sp³-hybridized carbons (Fsp3) is 0.310. The Labute approximate surface area is 207 Å². The van der Waals surface area contributed by atoms with E-state index in [0.29, 0.717) is 18.1 Å². The zero-order valence-electron chi connectivity index (χ0n) is 19.9. The summed E-state index contributed by atoms with van der Waals surface area (Å²) in [7, 11) is 0. The van der Waals surface area contributed by atoms with Crippen LogP contribution in [0.2, 0.25) is 5.02 Å². The molecule has 0 saturated heterocycles. The molecule has 4 nitrogen and oxygen atoms in total. The van der Waals surface area contributed by atoms with Gasteiger partial charge in [0.1, 0.15) is 6.04 Å². The minimum Gasteiger partial charge on any atom is -0.354 e. The highest BCUT2D eigenvalue weighted by atomic mass is 35.5. The van der Waals surface area contributed by atoms with E-state index in [2.05, 4.69) is 36.5 Å². The average molecular weight is 477 g/mol. The summed E-state index contributed by atoms with van der Waals surface area (Å²) in [4.78, 5) is 28.4. The van der Waals surface area contributed by atoms with Crippen LogP contribution in [0.1, 0.15) is 55.7 Å². The number of nitrogens with one attached hydrogen (secondary N) is 1. The highest BCUT2D eigenvalue weighted by Crippen LogP contribution is 2.29. The molecule has 34 heavy (non-hydrogen) atoms. The van der Waals surface area contributed by atoms with E-state index >= 15 is 0 Å². The summed E-state index contributed by atoms with van der Waals surface area (Å²) in [5.74, 6) is -0.296. The number of benzene rings is 3. The normalized spacial score (nSPS) is 11.8. The van der Waals surface area contributed by atoms with E-state index in [1.165, 1.54) is 0 Å². The van der Waals surface area contributed by atoms with Crippen LogP contribution in [0.3, 0.4) is 0 Å². The topological polar surface area (TPSA) is 49.4 Å². The maximum Gasteiger partial charge on any atom is 0.242 e. The quantitative estimate of drug-likeness (QED) is 0.335. The van der Waals surface area contributed by atoms with Crippen LogP contribution in [0.5, 0.6) is 0 Å². The lowest BCUT2D eigenvalue weighted by Gasteiger charge is -2.30. The van der Waals surface area contributed by atoms with Gasteiger partial charge in [-0.05, 0) is 42.2 Å². The van der Waals surface area contributed by atoms with Gasteiger partial charge < -0.3 is 10.2 Å². The predicted molar refractivity (Wildman–Crippen MR) is 139 cm³/mol. The van der Waals surface area contributed by atoms with Gasteiger partial charge in [0.2, 0.25) is 11.8 Å². The number of carbonyl (C=O) groups excluding carboxylic acids is 2. The van der Waals surface area contributed by atoms with Crippen molar-refractivity contribution in [2.45, 2.75) is 51.6 Å². The highest BCUT2D eigenvalue weighted by molar-refractivity contribution is 6.30. The number of unbranched alkanes of at least 4 members (excludes halogenated alkanes) is 1. The zero-order valence-corrected chi connectivity index (χ0v) is 20.7. The maximum atomic E-state index is 13.8. The molecule has 0 aromatic heterocycles. The number of hydrogen-bond donors (Lipinski definition) is 1. The summed E-state index contributed by atoms with van der Waals surface area (Å²) in [6, 6.07) is 26.9. The Morgan fingerprint density at radius 3 is 1.97 bits per heavy atom. The molecular formula is C29H33ClN2O2. The molecule has 0 fully saturated rings. The lowest BCUT2D eigenvalue weighted by atomic mass is 9.88. The molecule has 3 rings (SSSR count). The average Bonchev–Trinajstić information content (AvgIpc) is 2.87. The van der Waals surface area contributed by atoms with Crippen molar-refractivity contribution in [2.75, 3.05) is 6.54 Å². The van der Waals surface area contributed by atoms with Gasteiger partial charge in [-0.1, -0.05) is 97.7 Å². The highest BCUT2D eigenvalue weighted by Gasteiger charge is 2.28. The van der Waals surface area contributed by atoms with Gasteiger partial charge in [-0.3, -0.25) is 9.59 Å². The summed E-state index contributed by atoms with van der Waals surface area (Å²) in [6.07, 6.45) is 2.18. The number of rotatable bonds is 11. The first-order valence-corrected chi connectivity index (χ1v) is 12.3. The molecule has 0 radical (unpaired) electrons. The molecule has 5 heteroatoms. The van der Waals surface area contributed by atoms with Gasteiger partial charge >= 0.3 is 0 Å². The lowest BCUT2D eigenvalue weighted by Crippen LogP contribution is -2.48. The molecular weight excluding hydrogens is 444 g/mol. The van der Waals surface area contributed by atoms with Gasteiger partial charge in [0.25, 0.3) is 0 Å². The van der Waals surface area contributed by atoms with E-state index in [-0.39, 0.29) is 24.2 Å². The van der Waals surface area contributed by atoms with Crippen molar-refractivity contribution in [1.82, 2.24) is 10.2 Å². The Balaban J connectivity index is 1.87. The summed E-state index contributed by atoms with van der Waals surface area (Å²) < 4.78 is 0. The Kier molecular flexibility index (Phi) is 9.72. The van der Waals surface area contributed by atoms with Crippen LogP contribution >= 0.6 is 11.6 Å². The van der Waals surface area contributed by atoms with Gasteiger partial charge in [-0.25, -0.2) is 0 Å². The van der Waals surface area contributed by atoms with Gasteiger partial charge in [-0.15, -0.1) is 0 Å². The molecule has 0 aliphatic rings. The molecule has 0 aliphatic carbocycles. The molecule has 3 aromatic carbocycles. The fourth-order valence-corrected chi connectivity index (χ4v) is 4.12. The summed E-state index contributed by atoms with van der Waals surface area (Å²) in [6.45, 7) is 4.84. The Hall–Kier alpha value is -3.11.